The molecule has 0 atom stereocenters. The molecule has 1 saturated heterocycles. The molecule has 0 unspecified atom stereocenters. The Labute approximate surface area is 248 Å². The summed E-state index contributed by atoms with van der Waals surface area (Å²) in [7, 11) is 3.01. The molecule has 1 aliphatic rings. The largest absolute Gasteiger partial charge is 0.493 e. The van der Waals surface area contributed by atoms with E-state index in [4.69, 9.17) is 9.47 Å². The average Bonchev–Trinajstić information content (AvgIpc) is 3.57. The van der Waals surface area contributed by atoms with E-state index in [9.17, 15) is 18.0 Å². The molecule has 1 fully saturated rings. The number of carbonyl (C=O) groups is 1. The van der Waals surface area contributed by atoms with E-state index >= 15 is 0 Å². The summed E-state index contributed by atoms with van der Waals surface area (Å²) in [5.74, 6) is 1.51. The van der Waals surface area contributed by atoms with Crippen LogP contribution in [-0.2, 0) is 16.6 Å². The average molecular weight is 598 g/mol. The van der Waals surface area contributed by atoms with Crippen molar-refractivity contribution in [2.45, 2.75) is 57.5 Å². The van der Waals surface area contributed by atoms with Crippen LogP contribution in [0, 0.1) is 0 Å². The van der Waals surface area contributed by atoms with Crippen molar-refractivity contribution in [2.24, 2.45) is 0 Å². The third-order valence-corrected chi connectivity index (χ3v) is 8.06. The first kappa shape index (κ1) is 30.5. The third kappa shape index (κ3) is 6.98. The number of aromatic amines is 2. The number of ether oxygens (including phenoxy) is 2. The minimum Gasteiger partial charge on any atom is -0.493 e. The molecule has 4 aromatic rings. The van der Waals surface area contributed by atoms with Gasteiger partial charge in [-0.3, -0.25) is 14.8 Å². The maximum Gasteiger partial charge on any atom is 0.393 e. The standard InChI is InChI=1S/C32H38F3N5O3/c1-31(2,3)27-16-28(39-38-27)37-29(41)18-40-12-10-19(11-13-40)20-6-8-24-22(14-20)23(17-32(33,34)35)30(36-24)21-7-9-25(42-4)26(15-21)43-5/h6-9,14-16,19,36H,10-13,17-18H2,1-5H3,(H2,37,38,39,41). The molecule has 0 aliphatic carbocycles. The molecule has 11 heteroatoms. The molecule has 230 valence electrons. The maximum atomic E-state index is 13.8. The zero-order valence-electron chi connectivity index (χ0n) is 25.1. The Morgan fingerprint density at radius 3 is 2.37 bits per heavy atom. The van der Waals surface area contributed by atoms with Crippen LogP contribution in [0.3, 0.4) is 0 Å². The summed E-state index contributed by atoms with van der Waals surface area (Å²) in [5, 5.41) is 10.6. The summed E-state index contributed by atoms with van der Waals surface area (Å²) >= 11 is 0. The Morgan fingerprint density at radius 2 is 1.74 bits per heavy atom. The van der Waals surface area contributed by atoms with Crippen LogP contribution < -0.4 is 14.8 Å². The van der Waals surface area contributed by atoms with Gasteiger partial charge in [0.1, 0.15) is 0 Å². The lowest BCUT2D eigenvalue weighted by Crippen LogP contribution is -2.38. The van der Waals surface area contributed by atoms with E-state index < -0.39 is 12.6 Å². The monoisotopic (exact) mass is 597 g/mol. The minimum absolute atomic E-state index is 0.0976. The lowest BCUT2D eigenvalue weighted by Gasteiger charge is -2.31. The number of nitrogens with one attached hydrogen (secondary N) is 3. The van der Waals surface area contributed by atoms with Gasteiger partial charge in [0.05, 0.1) is 32.9 Å². The number of H-pyrrole nitrogens is 2. The molecule has 3 heterocycles. The summed E-state index contributed by atoms with van der Waals surface area (Å²) in [5.41, 5.74) is 3.71. The Hall–Kier alpha value is -3.99. The highest BCUT2D eigenvalue weighted by Crippen LogP contribution is 2.40. The number of fused-ring (bicyclic) bond motifs is 1. The van der Waals surface area contributed by atoms with Crippen molar-refractivity contribution < 1.29 is 27.4 Å². The second-order valence-electron chi connectivity index (χ2n) is 12.2. The van der Waals surface area contributed by atoms with Crippen LogP contribution in [0.1, 0.15) is 56.4 Å². The summed E-state index contributed by atoms with van der Waals surface area (Å²) in [6.45, 7) is 7.88. The number of hydrogen-bond donors (Lipinski definition) is 3. The molecule has 2 aromatic heterocycles. The number of piperidine rings is 1. The molecule has 2 aromatic carbocycles. The van der Waals surface area contributed by atoms with Gasteiger partial charge in [-0.25, -0.2) is 0 Å². The quantitative estimate of drug-likeness (QED) is 0.208. The van der Waals surface area contributed by atoms with E-state index in [-0.39, 0.29) is 29.3 Å². The summed E-state index contributed by atoms with van der Waals surface area (Å²) < 4.78 is 52.1. The number of alkyl halides is 3. The van der Waals surface area contributed by atoms with Gasteiger partial charge in [0.2, 0.25) is 5.91 Å². The lowest BCUT2D eigenvalue weighted by atomic mass is 9.88. The van der Waals surface area contributed by atoms with E-state index in [0.29, 0.717) is 52.6 Å². The van der Waals surface area contributed by atoms with Gasteiger partial charge >= 0.3 is 6.18 Å². The number of amides is 1. The maximum absolute atomic E-state index is 13.8. The number of hydrogen-bond acceptors (Lipinski definition) is 5. The van der Waals surface area contributed by atoms with Gasteiger partial charge in [0, 0.05) is 33.6 Å². The van der Waals surface area contributed by atoms with Gasteiger partial charge in [-0.1, -0.05) is 26.8 Å². The topological polar surface area (TPSA) is 95.3 Å². The highest BCUT2D eigenvalue weighted by Gasteiger charge is 2.32. The number of halogens is 3. The van der Waals surface area contributed by atoms with Crippen molar-refractivity contribution in [3.63, 3.8) is 0 Å². The van der Waals surface area contributed by atoms with Gasteiger partial charge in [-0.15, -0.1) is 0 Å². The highest BCUT2D eigenvalue weighted by molar-refractivity contribution is 5.92. The highest BCUT2D eigenvalue weighted by atomic mass is 19.4. The molecule has 5 rings (SSSR count). The normalized spacial score (nSPS) is 15.2. The minimum atomic E-state index is -4.38. The first-order chi connectivity index (χ1) is 20.3. The van der Waals surface area contributed by atoms with Gasteiger partial charge in [-0.2, -0.15) is 18.3 Å². The fraction of sp³-hybridized carbons (Fsp3) is 0.438. The Morgan fingerprint density at radius 1 is 1.02 bits per heavy atom. The number of methoxy groups -OCH3 is 2. The van der Waals surface area contributed by atoms with Gasteiger partial charge in [0.25, 0.3) is 0 Å². The fourth-order valence-electron chi connectivity index (χ4n) is 5.72. The van der Waals surface area contributed by atoms with E-state index in [1.54, 1.807) is 18.2 Å². The summed E-state index contributed by atoms with van der Waals surface area (Å²) in [4.78, 5) is 18.0. The second kappa shape index (κ2) is 11.9. The van der Waals surface area contributed by atoms with Crippen molar-refractivity contribution in [3.05, 3.63) is 59.3 Å². The number of anilines is 1. The summed E-state index contributed by atoms with van der Waals surface area (Å²) in [6.07, 6.45) is -3.83. The van der Waals surface area contributed by atoms with Crippen LogP contribution in [0.4, 0.5) is 19.0 Å². The molecule has 43 heavy (non-hydrogen) atoms. The molecular formula is C32H38F3N5O3. The lowest BCUT2D eigenvalue weighted by molar-refractivity contribution is -0.127. The number of carbonyl (C=O) groups excluding carboxylic acids is 1. The van der Waals surface area contributed by atoms with Crippen molar-refractivity contribution >= 4 is 22.6 Å². The number of benzene rings is 2. The number of rotatable bonds is 8. The van der Waals surface area contributed by atoms with E-state index in [2.05, 4.69) is 46.2 Å². The van der Waals surface area contributed by atoms with Crippen LogP contribution in [0.5, 0.6) is 11.5 Å². The van der Waals surface area contributed by atoms with Crippen LogP contribution >= 0.6 is 0 Å². The molecule has 0 saturated carbocycles. The third-order valence-electron chi connectivity index (χ3n) is 8.06. The van der Waals surface area contributed by atoms with Gasteiger partial charge in [-0.05, 0) is 73.3 Å². The second-order valence-corrected chi connectivity index (χ2v) is 12.2. The first-order valence-electron chi connectivity index (χ1n) is 14.4. The fourth-order valence-corrected chi connectivity index (χ4v) is 5.72. The molecule has 1 amide bonds. The van der Waals surface area contributed by atoms with E-state index in [1.165, 1.54) is 14.2 Å². The van der Waals surface area contributed by atoms with Crippen molar-refractivity contribution in [2.75, 3.05) is 39.2 Å². The Balaban J connectivity index is 1.31. The molecule has 0 bridgehead atoms. The molecule has 1 aliphatic heterocycles. The Kier molecular flexibility index (Phi) is 8.47. The van der Waals surface area contributed by atoms with Crippen molar-refractivity contribution in [1.82, 2.24) is 20.1 Å². The number of aromatic nitrogens is 3. The molecular weight excluding hydrogens is 559 g/mol. The summed E-state index contributed by atoms with van der Waals surface area (Å²) in [6, 6.07) is 12.7. The number of likely N-dealkylation sites (tertiary alicyclic amines) is 1. The van der Waals surface area contributed by atoms with Crippen molar-refractivity contribution in [1.29, 1.82) is 0 Å². The Bertz CT molecular complexity index is 1590. The molecule has 0 radical (unpaired) electrons. The zero-order valence-corrected chi connectivity index (χ0v) is 25.1. The van der Waals surface area contributed by atoms with Gasteiger partial charge in [0.15, 0.2) is 17.3 Å². The zero-order chi connectivity index (χ0) is 30.9. The number of nitrogens with zero attached hydrogens (tertiary/aromatic N) is 2. The first-order valence-corrected chi connectivity index (χ1v) is 14.4. The van der Waals surface area contributed by atoms with Crippen molar-refractivity contribution in [3.8, 4) is 22.8 Å². The van der Waals surface area contributed by atoms with Crippen LogP contribution in [0.25, 0.3) is 22.2 Å². The van der Waals surface area contributed by atoms with Crippen LogP contribution in [-0.4, -0.2) is 66.0 Å². The van der Waals surface area contributed by atoms with E-state index in [0.717, 1.165) is 24.1 Å². The van der Waals surface area contributed by atoms with E-state index in [1.807, 2.05) is 24.3 Å². The SMILES string of the molecule is COc1ccc(-c2[nH]c3ccc(C4CCN(CC(=O)Nc5cc(C(C)(C)C)[nH]n5)CC4)cc3c2CC(F)(F)F)cc1OC. The molecule has 3 N–H and O–H groups in total. The van der Waals surface area contributed by atoms with Crippen LogP contribution in [0.2, 0.25) is 0 Å². The smallest absolute Gasteiger partial charge is 0.393 e. The molecule has 8 nitrogen and oxygen atoms in total. The molecule has 0 spiro atoms. The van der Waals surface area contributed by atoms with Gasteiger partial charge < -0.3 is 19.8 Å². The van der Waals surface area contributed by atoms with Crippen LogP contribution in [0.15, 0.2) is 42.5 Å². The predicted octanol–water partition coefficient (Wildman–Crippen LogP) is 6.80. The predicted molar refractivity (Wildman–Crippen MR) is 161 cm³/mol.